The fourth-order valence-electron chi connectivity index (χ4n) is 4.39. The van der Waals surface area contributed by atoms with E-state index < -0.39 is 11.0 Å². The Kier molecular flexibility index (Phi) is 6.34. The number of carbonyl (C=O) groups is 2. The third kappa shape index (κ3) is 4.89. The summed E-state index contributed by atoms with van der Waals surface area (Å²) < 4.78 is 10.6. The Balaban J connectivity index is 1.14. The SMILES string of the molecule is Cc1nc(-c2ccc(N3CC(CN4CCN(C(=O)c5cccc([N+](=O)[O-])c5)CC4)OC3=O)cc2)no1. The quantitative estimate of drug-likeness (QED) is 0.376. The average molecular weight is 492 g/mol. The van der Waals surface area contributed by atoms with Gasteiger partial charge in [0, 0.05) is 68.6 Å². The van der Waals surface area contributed by atoms with Crippen LogP contribution >= 0.6 is 0 Å². The fourth-order valence-corrected chi connectivity index (χ4v) is 4.39. The molecule has 2 saturated heterocycles. The Hall–Kier alpha value is -4.32. The van der Waals surface area contributed by atoms with Crippen LogP contribution in [0, 0.1) is 17.0 Å². The topological polar surface area (TPSA) is 135 Å². The monoisotopic (exact) mass is 492 g/mol. The van der Waals surface area contributed by atoms with E-state index in [4.69, 9.17) is 9.26 Å². The van der Waals surface area contributed by atoms with Gasteiger partial charge < -0.3 is 14.2 Å². The lowest BCUT2D eigenvalue weighted by Gasteiger charge is -2.35. The summed E-state index contributed by atoms with van der Waals surface area (Å²) in [7, 11) is 0. The molecule has 0 spiro atoms. The van der Waals surface area contributed by atoms with Crippen molar-refractivity contribution in [2.45, 2.75) is 13.0 Å². The number of cyclic esters (lactones) is 1. The van der Waals surface area contributed by atoms with Gasteiger partial charge in [-0.3, -0.25) is 24.7 Å². The predicted molar refractivity (Wildman–Crippen MR) is 128 cm³/mol. The lowest BCUT2D eigenvalue weighted by molar-refractivity contribution is -0.384. The molecule has 36 heavy (non-hydrogen) atoms. The highest BCUT2D eigenvalue weighted by atomic mass is 16.6. The average Bonchev–Trinajstić information content (AvgIpc) is 3.49. The molecule has 2 amide bonds. The van der Waals surface area contributed by atoms with Gasteiger partial charge in [0.25, 0.3) is 11.6 Å². The van der Waals surface area contributed by atoms with Gasteiger partial charge in [0.1, 0.15) is 6.10 Å². The Morgan fingerprint density at radius 3 is 2.56 bits per heavy atom. The van der Waals surface area contributed by atoms with Crippen molar-refractivity contribution in [3.05, 3.63) is 70.1 Å². The van der Waals surface area contributed by atoms with Gasteiger partial charge in [-0.25, -0.2) is 4.79 Å². The molecule has 12 nitrogen and oxygen atoms in total. The molecule has 186 valence electrons. The van der Waals surface area contributed by atoms with E-state index in [9.17, 15) is 19.7 Å². The second-order valence-electron chi connectivity index (χ2n) is 8.70. The molecular formula is C24H24N6O6. The molecule has 0 N–H and O–H groups in total. The number of anilines is 1. The van der Waals surface area contributed by atoms with Gasteiger partial charge in [0.05, 0.1) is 11.5 Å². The number of non-ortho nitro benzene ring substituents is 1. The number of carbonyl (C=O) groups excluding carboxylic acids is 2. The van der Waals surface area contributed by atoms with Crippen molar-refractivity contribution in [2.75, 3.05) is 44.2 Å². The van der Waals surface area contributed by atoms with Crippen molar-refractivity contribution in [1.82, 2.24) is 19.9 Å². The Morgan fingerprint density at radius 1 is 1.14 bits per heavy atom. The molecular weight excluding hydrogens is 468 g/mol. The van der Waals surface area contributed by atoms with Crippen LogP contribution in [0.3, 0.4) is 0 Å². The molecule has 12 heteroatoms. The minimum Gasteiger partial charge on any atom is -0.443 e. The number of aryl methyl sites for hydroxylation is 1. The number of ether oxygens (including phenoxy) is 1. The Bertz CT molecular complexity index is 1280. The van der Waals surface area contributed by atoms with E-state index in [0.717, 1.165) is 11.3 Å². The second-order valence-corrected chi connectivity index (χ2v) is 8.70. The van der Waals surface area contributed by atoms with Crippen LogP contribution in [0.25, 0.3) is 11.4 Å². The number of nitro benzene ring substituents is 1. The van der Waals surface area contributed by atoms with Crippen LogP contribution in [0.5, 0.6) is 0 Å². The number of piperazine rings is 1. The van der Waals surface area contributed by atoms with Crippen LogP contribution in [-0.4, -0.2) is 82.2 Å². The first-order chi connectivity index (χ1) is 17.4. The van der Waals surface area contributed by atoms with E-state index >= 15 is 0 Å². The first-order valence-electron chi connectivity index (χ1n) is 11.5. The highest BCUT2D eigenvalue weighted by Gasteiger charge is 2.34. The minimum atomic E-state index is -0.510. The van der Waals surface area contributed by atoms with Gasteiger partial charge in [-0.1, -0.05) is 11.2 Å². The number of aromatic nitrogens is 2. The van der Waals surface area contributed by atoms with Crippen molar-refractivity contribution in [1.29, 1.82) is 0 Å². The number of nitro groups is 1. The maximum atomic E-state index is 12.8. The lowest BCUT2D eigenvalue weighted by Crippen LogP contribution is -2.50. The molecule has 1 unspecified atom stereocenters. The molecule has 3 heterocycles. The zero-order valence-corrected chi connectivity index (χ0v) is 19.6. The second kappa shape index (κ2) is 9.74. The highest BCUT2D eigenvalue weighted by Crippen LogP contribution is 2.25. The lowest BCUT2D eigenvalue weighted by atomic mass is 10.1. The van der Waals surface area contributed by atoms with Crippen LogP contribution in [0.2, 0.25) is 0 Å². The first-order valence-corrected chi connectivity index (χ1v) is 11.5. The summed E-state index contributed by atoms with van der Waals surface area (Å²) in [6.07, 6.45) is -0.696. The molecule has 1 aromatic heterocycles. The van der Waals surface area contributed by atoms with E-state index in [1.54, 1.807) is 22.8 Å². The summed E-state index contributed by atoms with van der Waals surface area (Å²) >= 11 is 0. The molecule has 3 aromatic rings. The molecule has 2 aliphatic rings. The smallest absolute Gasteiger partial charge is 0.414 e. The third-order valence-corrected chi connectivity index (χ3v) is 6.26. The van der Waals surface area contributed by atoms with Gasteiger partial charge in [0.2, 0.25) is 11.7 Å². The van der Waals surface area contributed by atoms with Crippen LogP contribution in [-0.2, 0) is 4.74 Å². The maximum absolute atomic E-state index is 12.8. The summed E-state index contributed by atoms with van der Waals surface area (Å²) in [6.45, 7) is 4.92. The molecule has 0 bridgehead atoms. The van der Waals surface area contributed by atoms with Crippen molar-refractivity contribution >= 4 is 23.4 Å². The van der Waals surface area contributed by atoms with Crippen LogP contribution < -0.4 is 4.90 Å². The van der Waals surface area contributed by atoms with Crippen molar-refractivity contribution in [2.24, 2.45) is 0 Å². The largest absolute Gasteiger partial charge is 0.443 e. The first kappa shape index (κ1) is 23.4. The van der Waals surface area contributed by atoms with Crippen LogP contribution in [0.4, 0.5) is 16.2 Å². The standard InChI is InChI=1S/C24H24N6O6/c1-16-25-22(26-36-16)17-5-7-19(8-6-17)29-15-21(35-24(29)32)14-27-9-11-28(12-10-27)23(31)18-3-2-4-20(13-18)30(33)34/h2-8,13,21H,9-12,14-15H2,1H3. The summed E-state index contributed by atoms with van der Waals surface area (Å²) in [6, 6.07) is 13.1. The third-order valence-electron chi connectivity index (χ3n) is 6.26. The molecule has 0 aliphatic carbocycles. The highest BCUT2D eigenvalue weighted by molar-refractivity contribution is 5.95. The maximum Gasteiger partial charge on any atom is 0.414 e. The van der Waals surface area contributed by atoms with E-state index in [0.29, 0.717) is 56.5 Å². The normalized spacial score (nSPS) is 18.4. The van der Waals surface area contributed by atoms with E-state index in [1.807, 2.05) is 24.3 Å². The van der Waals surface area contributed by atoms with Gasteiger partial charge in [-0.05, 0) is 30.3 Å². The van der Waals surface area contributed by atoms with Crippen LogP contribution in [0.15, 0.2) is 53.1 Å². The summed E-state index contributed by atoms with van der Waals surface area (Å²) in [4.78, 5) is 45.4. The molecule has 0 radical (unpaired) electrons. The summed E-state index contributed by atoms with van der Waals surface area (Å²) in [5, 5.41) is 14.9. The molecule has 5 rings (SSSR count). The number of nitrogens with zero attached hydrogens (tertiary/aromatic N) is 6. The minimum absolute atomic E-state index is 0.105. The zero-order chi connectivity index (χ0) is 25.2. The Labute approximate surface area is 206 Å². The van der Waals surface area contributed by atoms with Crippen molar-refractivity contribution in [3.8, 4) is 11.4 Å². The molecule has 0 saturated carbocycles. The number of amides is 2. The number of benzene rings is 2. The zero-order valence-electron chi connectivity index (χ0n) is 19.6. The predicted octanol–water partition coefficient (Wildman–Crippen LogP) is 2.74. The van der Waals surface area contributed by atoms with Gasteiger partial charge in [-0.2, -0.15) is 4.98 Å². The van der Waals surface area contributed by atoms with Crippen molar-refractivity contribution < 1.29 is 23.8 Å². The van der Waals surface area contributed by atoms with Crippen LogP contribution in [0.1, 0.15) is 16.2 Å². The molecule has 2 aromatic carbocycles. The van der Waals surface area contributed by atoms with Gasteiger partial charge in [-0.15, -0.1) is 0 Å². The molecule has 1 atom stereocenters. The fraction of sp³-hybridized carbons (Fsp3) is 0.333. The van der Waals surface area contributed by atoms with Gasteiger partial charge in [0.15, 0.2) is 0 Å². The number of rotatable bonds is 6. The molecule has 2 aliphatic heterocycles. The van der Waals surface area contributed by atoms with Gasteiger partial charge >= 0.3 is 6.09 Å². The number of hydrogen-bond acceptors (Lipinski definition) is 9. The summed E-state index contributed by atoms with van der Waals surface area (Å²) in [5.74, 6) is 0.745. The molecule has 2 fully saturated rings. The number of hydrogen-bond donors (Lipinski definition) is 0. The Morgan fingerprint density at radius 2 is 1.89 bits per heavy atom. The van der Waals surface area contributed by atoms with E-state index in [-0.39, 0.29) is 17.7 Å². The van der Waals surface area contributed by atoms with Crippen molar-refractivity contribution in [3.63, 3.8) is 0 Å². The van der Waals surface area contributed by atoms with E-state index in [2.05, 4.69) is 15.0 Å². The summed E-state index contributed by atoms with van der Waals surface area (Å²) in [5.41, 5.74) is 1.71. The van der Waals surface area contributed by atoms with E-state index in [1.165, 1.54) is 18.2 Å².